The Bertz CT molecular complexity index is 1990. The molecule has 26 heteroatoms. The van der Waals surface area contributed by atoms with Crippen LogP contribution in [0.3, 0.4) is 0 Å². The molecule has 0 bridgehead atoms. The summed E-state index contributed by atoms with van der Waals surface area (Å²) < 4.78 is 47.2. The lowest BCUT2D eigenvalue weighted by Crippen LogP contribution is -2.68. The molecule has 4 rings (SSSR count). The quantitative estimate of drug-likeness (QED) is 0.0373. The first-order valence-electron chi connectivity index (χ1n) is 37.8. The maximum atomic E-state index is 13.8. The Balaban J connectivity index is 1.37. The molecular formula is C71H134N2O24. The Labute approximate surface area is 578 Å². The van der Waals surface area contributed by atoms with Gasteiger partial charge in [-0.1, -0.05) is 239 Å². The van der Waals surface area contributed by atoms with Crippen LogP contribution >= 0.6 is 0 Å². The predicted octanol–water partition coefficient (Wildman–Crippen LogP) is 4.49. The van der Waals surface area contributed by atoms with Crippen molar-refractivity contribution >= 4 is 11.8 Å². The third kappa shape index (κ3) is 31.5. The van der Waals surface area contributed by atoms with Gasteiger partial charge in [-0.05, 0) is 19.8 Å². The van der Waals surface area contributed by atoms with E-state index in [2.05, 4.69) is 24.5 Å². The van der Waals surface area contributed by atoms with Crippen LogP contribution in [-0.4, -0.2) is 257 Å². The zero-order valence-electron chi connectivity index (χ0n) is 59.2. The van der Waals surface area contributed by atoms with Crippen LogP contribution in [0.5, 0.6) is 0 Å². The number of hydrogen-bond donors (Lipinski definition) is 16. The number of rotatable bonds is 54. The van der Waals surface area contributed by atoms with E-state index < -0.39 is 185 Å². The molecule has 4 aliphatic rings. The van der Waals surface area contributed by atoms with Gasteiger partial charge in [0.2, 0.25) is 11.8 Å². The predicted molar refractivity (Wildman–Crippen MR) is 360 cm³/mol. The third-order valence-corrected chi connectivity index (χ3v) is 19.8. The van der Waals surface area contributed by atoms with Crippen molar-refractivity contribution in [2.45, 2.75) is 412 Å². The number of carbonyl (C=O) groups excluding carboxylic acids is 2. The minimum absolute atomic E-state index is 0.125. The van der Waals surface area contributed by atoms with E-state index in [1.54, 1.807) is 0 Å². The van der Waals surface area contributed by atoms with Crippen molar-refractivity contribution in [3.8, 4) is 0 Å². The summed E-state index contributed by atoms with van der Waals surface area (Å²) in [7, 11) is 0. The van der Waals surface area contributed by atoms with Crippen molar-refractivity contribution in [2.75, 3.05) is 26.4 Å². The molecule has 0 radical (unpaired) electrons. The first-order chi connectivity index (χ1) is 46.7. The topological polar surface area (TPSA) is 415 Å². The van der Waals surface area contributed by atoms with Gasteiger partial charge < -0.3 is 120 Å². The van der Waals surface area contributed by atoms with E-state index in [0.29, 0.717) is 12.8 Å². The van der Waals surface area contributed by atoms with Crippen molar-refractivity contribution in [1.82, 2.24) is 10.6 Å². The molecule has 4 saturated heterocycles. The summed E-state index contributed by atoms with van der Waals surface area (Å²) in [6, 6.07) is -2.93. The van der Waals surface area contributed by atoms with Gasteiger partial charge in [-0.15, -0.1) is 0 Å². The van der Waals surface area contributed by atoms with E-state index in [4.69, 9.17) is 37.9 Å². The van der Waals surface area contributed by atoms with Gasteiger partial charge in [0.15, 0.2) is 25.2 Å². The largest absolute Gasteiger partial charge is 0.394 e. The average molecular weight is 1400 g/mol. The molecule has 0 unspecified atom stereocenters. The van der Waals surface area contributed by atoms with Crippen molar-refractivity contribution in [3.05, 3.63) is 0 Å². The summed E-state index contributed by atoms with van der Waals surface area (Å²) in [5.41, 5.74) is 0. The van der Waals surface area contributed by atoms with Crippen LogP contribution < -0.4 is 10.6 Å². The fourth-order valence-corrected chi connectivity index (χ4v) is 13.5. The highest BCUT2D eigenvalue weighted by Crippen LogP contribution is 2.34. The molecule has 26 nitrogen and oxygen atoms in total. The second-order valence-electron chi connectivity index (χ2n) is 28.1. The molecule has 0 aromatic rings. The minimum atomic E-state index is -2.10. The zero-order valence-corrected chi connectivity index (χ0v) is 59.2. The second-order valence-corrected chi connectivity index (χ2v) is 28.1. The fraction of sp³-hybridized carbons (Fsp3) is 0.972. The Morgan fingerprint density at radius 3 is 1.25 bits per heavy atom. The Morgan fingerprint density at radius 2 is 0.794 bits per heavy atom. The van der Waals surface area contributed by atoms with Gasteiger partial charge >= 0.3 is 0 Å². The van der Waals surface area contributed by atoms with Crippen LogP contribution in [0, 0.1) is 0 Å². The summed E-state index contributed by atoms with van der Waals surface area (Å²) in [5, 5.41) is 159. The molecule has 0 aliphatic carbocycles. The van der Waals surface area contributed by atoms with Gasteiger partial charge in [0, 0.05) is 6.92 Å². The summed E-state index contributed by atoms with van der Waals surface area (Å²) in [6.45, 7) is 3.81. The first kappa shape index (κ1) is 87.5. The van der Waals surface area contributed by atoms with Crippen molar-refractivity contribution in [1.29, 1.82) is 0 Å². The maximum Gasteiger partial charge on any atom is 0.249 e. The van der Waals surface area contributed by atoms with Crippen molar-refractivity contribution < 1.29 is 119 Å². The summed E-state index contributed by atoms with van der Waals surface area (Å²) >= 11 is 0. The highest BCUT2D eigenvalue weighted by Gasteiger charge is 2.54. The van der Waals surface area contributed by atoms with Crippen LogP contribution in [0.15, 0.2) is 0 Å². The van der Waals surface area contributed by atoms with Gasteiger partial charge in [0.25, 0.3) is 0 Å². The van der Waals surface area contributed by atoms with Crippen LogP contribution in [-0.2, 0) is 47.5 Å². The SMILES string of the molecule is CCCCCCCCCCCCCCCCCCCCCCC[C@@H](O)C(=O)N[C@@H](CO[C@H]1O[C@H](CO)[C@H](O)[C@H](O)[C@H]1O[C@H]1O[C@H](CO[C@@H]2O[C@H](CO)[C@H](O)[C@H](O[C@@H]3O[C@@H](C)[C@H](O)[C@@H](O)[C@H]3O)[C@H]2NC(C)=O)[C@H](O)[C@H](O)[C@H]1O)[C@H](O)[C@H](O)CCCCCCCCCCCCCCCC. The summed E-state index contributed by atoms with van der Waals surface area (Å²) in [4.78, 5) is 26.4. The number of hydrogen-bond acceptors (Lipinski definition) is 24. The molecule has 24 atom stereocenters. The Hall–Kier alpha value is -1.94. The third-order valence-electron chi connectivity index (χ3n) is 19.8. The van der Waals surface area contributed by atoms with Gasteiger partial charge in [-0.2, -0.15) is 0 Å². The number of aliphatic hydroxyl groups excluding tert-OH is 14. The Kier molecular flexibility index (Phi) is 45.5. The normalized spacial score (nSPS) is 32.2. The molecule has 97 heavy (non-hydrogen) atoms. The highest BCUT2D eigenvalue weighted by molar-refractivity contribution is 5.80. The molecule has 572 valence electrons. The van der Waals surface area contributed by atoms with Crippen LogP contribution in [0.4, 0.5) is 0 Å². The molecule has 0 saturated carbocycles. The van der Waals surface area contributed by atoms with Crippen LogP contribution in [0.25, 0.3) is 0 Å². The molecule has 2 amide bonds. The van der Waals surface area contributed by atoms with Gasteiger partial charge in [-0.25, -0.2) is 0 Å². The standard InChI is InChI=1S/C71H134N2O24/c1-5-7-9-11-13-15-17-19-21-22-23-24-25-26-27-29-31-33-35-37-39-41-50(78)67(89)73-48(56(80)49(77)40-38-36-34-32-30-28-20-18-16-14-12-10-8-6-2)44-90-71-66(62(86)57(81)51(42-74)94-71)97-70-64(88)61(85)58(82)53(95-70)45-91-68-54(72-47(4)76)65(59(83)52(43-75)93-68)96-69-63(87)60(84)55(79)46(3)92-69/h46,48-66,68-71,74-75,77-88H,5-45H2,1-4H3,(H,72,76)(H,73,89)/t46-,48-,49+,50+,51+,52+,53+,54+,55-,56-,57-,58-,59-,60+,61-,62-,63+,64+,65+,66+,68+,69-,70+,71-/m0/s1. The van der Waals surface area contributed by atoms with Crippen LogP contribution in [0.1, 0.15) is 265 Å². The molecule has 4 fully saturated rings. The lowest BCUT2D eigenvalue weighted by atomic mass is 9.95. The van der Waals surface area contributed by atoms with E-state index in [-0.39, 0.29) is 12.8 Å². The molecule has 0 aromatic heterocycles. The molecular weight excluding hydrogens is 1260 g/mol. The molecule has 4 aliphatic heterocycles. The Morgan fingerprint density at radius 1 is 0.412 bits per heavy atom. The number of carbonyl (C=O) groups is 2. The van der Waals surface area contributed by atoms with Crippen molar-refractivity contribution in [3.63, 3.8) is 0 Å². The monoisotopic (exact) mass is 1400 g/mol. The highest BCUT2D eigenvalue weighted by atomic mass is 16.8. The maximum absolute atomic E-state index is 13.8. The summed E-state index contributed by atoms with van der Waals surface area (Å²) in [5.74, 6) is -1.55. The summed E-state index contributed by atoms with van der Waals surface area (Å²) in [6.07, 6.45) is 3.63. The zero-order chi connectivity index (χ0) is 71.1. The fourth-order valence-electron chi connectivity index (χ4n) is 13.5. The number of aliphatic hydroxyl groups is 14. The molecule has 16 N–H and O–H groups in total. The van der Waals surface area contributed by atoms with Gasteiger partial charge in [0.05, 0.1) is 44.7 Å². The van der Waals surface area contributed by atoms with E-state index in [1.165, 1.54) is 161 Å². The number of ether oxygens (including phenoxy) is 8. The van der Waals surface area contributed by atoms with Crippen molar-refractivity contribution in [2.24, 2.45) is 0 Å². The first-order valence-corrected chi connectivity index (χ1v) is 37.8. The smallest absolute Gasteiger partial charge is 0.249 e. The molecule has 0 spiro atoms. The van der Waals surface area contributed by atoms with Gasteiger partial charge in [-0.3, -0.25) is 9.59 Å². The van der Waals surface area contributed by atoms with E-state index in [0.717, 1.165) is 64.7 Å². The number of nitrogens with one attached hydrogen (secondary N) is 2. The lowest BCUT2D eigenvalue weighted by Gasteiger charge is -2.48. The van der Waals surface area contributed by atoms with Crippen LogP contribution in [0.2, 0.25) is 0 Å². The second kappa shape index (κ2) is 50.5. The molecule has 4 heterocycles. The minimum Gasteiger partial charge on any atom is -0.394 e. The number of amides is 2. The molecule has 0 aromatic carbocycles. The van der Waals surface area contributed by atoms with E-state index >= 15 is 0 Å². The van der Waals surface area contributed by atoms with E-state index in [9.17, 15) is 81.1 Å². The number of unbranched alkanes of at least 4 members (excludes halogenated alkanes) is 33. The average Bonchev–Trinajstić information content (AvgIpc) is 0.799. The van der Waals surface area contributed by atoms with Gasteiger partial charge in [0.1, 0.15) is 104 Å². The van der Waals surface area contributed by atoms with E-state index in [1.807, 2.05) is 0 Å². The lowest BCUT2D eigenvalue weighted by molar-refractivity contribution is -0.373.